The third-order valence-corrected chi connectivity index (χ3v) is 4.15. The molecular formula is C19H18N4O2. The molecule has 25 heavy (non-hydrogen) atoms. The van der Waals surface area contributed by atoms with Crippen molar-refractivity contribution in [1.82, 2.24) is 9.78 Å². The maximum Gasteiger partial charge on any atom is 0.156 e. The fourth-order valence-electron chi connectivity index (χ4n) is 2.94. The van der Waals surface area contributed by atoms with Gasteiger partial charge in [-0.15, -0.1) is 0 Å². The van der Waals surface area contributed by atoms with E-state index < -0.39 is 0 Å². The molecule has 6 nitrogen and oxygen atoms in total. The topological polar surface area (TPSA) is 82.2 Å². The predicted molar refractivity (Wildman–Crippen MR) is 96.0 cm³/mol. The maximum absolute atomic E-state index is 11.6. The third kappa shape index (κ3) is 2.99. The minimum atomic E-state index is -0.0126. The van der Waals surface area contributed by atoms with Gasteiger partial charge in [0.2, 0.25) is 0 Å². The zero-order valence-corrected chi connectivity index (χ0v) is 13.6. The summed E-state index contributed by atoms with van der Waals surface area (Å²) in [5.41, 5.74) is 8.02. The smallest absolute Gasteiger partial charge is 0.156 e. The summed E-state index contributed by atoms with van der Waals surface area (Å²) in [4.78, 5) is 11.6. The van der Waals surface area contributed by atoms with Crippen LogP contribution < -0.4 is 15.8 Å². The van der Waals surface area contributed by atoms with Crippen LogP contribution in [0.15, 0.2) is 54.6 Å². The Morgan fingerprint density at radius 2 is 1.84 bits per heavy atom. The Morgan fingerprint density at radius 1 is 1.12 bits per heavy atom. The van der Waals surface area contributed by atoms with Crippen molar-refractivity contribution in [3.8, 4) is 22.8 Å². The number of rotatable bonds is 4. The lowest BCUT2D eigenvalue weighted by atomic mass is 10.1. The van der Waals surface area contributed by atoms with Gasteiger partial charge in [0.1, 0.15) is 23.0 Å². The number of anilines is 1. The zero-order chi connectivity index (χ0) is 17.2. The van der Waals surface area contributed by atoms with E-state index >= 15 is 0 Å². The maximum atomic E-state index is 11.6. The van der Waals surface area contributed by atoms with Gasteiger partial charge in [0, 0.05) is 18.2 Å². The molecule has 0 saturated carbocycles. The highest BCUT2D eigenvalue weighted by Gasteiger charge is 2.23. The van der Waals surface area contributed by atoms with E-state index in [-0.39, 0.29) is 6.04 Å². The van der Waals surface area contributed by atoms with E-state index in [2.05, 4.69) is 10.4 Å². The average Bonchev–Trinajstić information content (AvgIpc) is 3.00. The molecule has 1 aromatic heterocycles. The number of carbonyl (C=O) groups excluding carboxylic acids is 1. The Labute approximate surface area is 145 Å². The van der Waals surface area contributed by atoms with Gasteiger partial charge in [0.25, 0.3) is 0 Å². The van der Waals surface area contributed by atoms with Gasteiger partial charge in [0.05, 0.1) is 12.1 Å². The minimum absolute atomic E-state index is 0.0126. The van der Waals surface area contributed by atoms with Crippen molar-refractivity contribution >= 4 is 12.1 Å². The van der Waals surface area contributed by atoms with Crippen LogP contribution in [0.4, 0.5) is 5.82 Å². The summed E-state index contributed by atoms with van der Waals surface area (Å²) >= 11 is 0. The molecule has 2 aromatic carbocycles. The largest absolute Gasteiger partial charge is 0.457 e. The van der Waals surface area contributed by atoms with Crippen LogP contribution in [0.2, 0.25) is 0 Å². The molecule has 0 radical (unpaired) electrons. The van der Waals surface area contributed by atoms with Crippen molar-refractivity contribution in [1.29, 1.82) is 0 Å². The first-order valence-electron chi connectivity index (χ1n) is 8.13. The Balaban J connectivity index is 1.63. The van der Waals surface area contributed by atoms with Crippen LogP contribution in [0.5, 0.6) is 11.5 Å². The number of aromatic nitrogens is 2. The van der Waals surface area contributed by atoms with Crippen molar-refractivity contribution in [3.63, 3.8) is 0 Å². The van der Waals surface area contributed by atoms with Gasteiger partial charge < -0.3 is 15.8 Å². The monoisotopic (exact) mass is 334 g/mol. The number of hydrogen-bond acceptors (Lipinski definition) is 5. The fourth-order valence-corrected chi connectivity index (χ4v) is 2.94. The first-order valence-corrected chi connectivity index (χ1v) is 8.13. The highest BCUT2D eigenvalue weighted by molar-refractivity contribution is 5.92. The van der Waals surface area contributed by atoms with Crippen LogP contribution in [0.1, 0.15) is 10.4 Å². The van der Waals surface area contributed by atoms with E-state index in [0.29, 0.717) is 24.3 Å². The molecule has 1 unspecified atom stereocenters. The molecule has 1 atom stereocenters. The quantitative estimate of drug-likeness (QED) is 0.717. The molecule has 1 aliphatic heterocycles. The molecule has 0 saturated heterocycles. The average molecular weight is 334 g/mol. The van der Waals surface area contributed by atoms with Crippen LogP contribution in [-0.2, 0) is 6.54 Å². The molecule has 0 fully saturated rings. The number of hydrogen-bond donors (Lipinski definition) is 2. The Bertz CT molecular complexity index is 888. The molecular weight excluding hydrogens is 316 g/mol. The molecule has 0 aliphatic carbocycles. The SMILES string of the molecule is NC1CNc2c(C=O)c(-c3ccc(Oc4ccccc4)cc3)nn2C1. The molecule has 3 aromatic rings. The lowest BCUT2D eigenvalue weighted by molar-refractivity contribution is 0.112. The van der Waals surface area contributed by atoms with Gasteiger partial charge in [-0.2, -0.15) is 5.10 Å². The first kappa shape index (κ1) is 15.4. The fraction of sp³-hybridized carbons (Fsp3) is 0.158. The second-order valence-corrected chi connectivity index (χ2v) is 5.99. The van der Waals surface area contributed by atoms with Crippen molar-refractivity contribution in [2.24, 2.45) is 5.73 Å². The van der Waals surface area contributed by atoms with Crippen LogP contribution in [0.3, 0.4) is 0 Å². The number of para-hydroxylation sites is 1. The summed E-state index contributed by atoms with van der Waals surface area (Å²) in [5, 5.41) is 7.74. The van der Waals surface area contributed by atoms with Gasteiger partial charge in [-0.1, -0.05) is 18.2 Å². The lowest BCUT2D eigenvalue weighted by Crippen LogP contribution is -2.38. The predicted octanol–water partition coefficient (Wildman–Crippen LogP) is 2.91. The zero-order valence-electron chi connectivity index (χ0n) is 13.6. The molecule has 0 amide bonds. The molecule has 6 heteroatoms. The second-order valence-electron chi connectivity index (χ2n) is 5.99. The van der Waals surface area contributed by atoms with Gasteiger partial charge in [-0.25, -0.2) is 4.68 Å². The summed E-state index contributed by atoms with van der Waals surface area (Å²) < 4.78 is 7.56. The van der Waals surface area contributed by atoms with E-state index in [0.717, 1.165) is 29.2 Å². The number of fused-ring (bicyclic) bond motifs is 1. The molecule has 0 bridgehead atoms. The number of aldehydes is 1. The third-order valence-electron chi connectivity index (χ3n) is 4.15. The molecule has 0 spiro atoms. The molecule has 3 N–H and O–H groups in total. The van der Waals surface area contributed by atoms with Crippen LogP contribution in [0.25, 0.3) is 11.3 Å². The van der Waals surface area contributed by atoms with Gasteiger partial charge >= 0.3 is 0 Å². The molecule has 1 aliphatic rings. The molecule has 2 heterocycles. The second kappa shape index (κ2) is 6.41. The summed E-state index contributed by atoms with van der Waals surface area (Å²) in [5.74, 6) is 2.24. The van der Waals surface area contributed by atoms with Crippen LogP contribution in [0, 0.1) is 0 Å². The Kier molecular flexibility index (Phi) is 3.95. The summed E-state index contributed by atoms with van der Waals surface area (Å²) in [6.45, 7) is 1.23. The normalized spacial score (nSPS) is 16.0. The number of benzene rings is 2. The van der Waals surface area contributed by atoms with Crippen LogP contribution in [-0.4, -0.2) is 28.7 Å². The van der Waals surface area contributed by atoms with Crippen molar-refractivity contribution in [2.45, 2.75) is 12.6 Å². The number of nitrogens with zero attached hydrogens (tertiary/aromatic N) is 2. The number of nitrogens with two attached hydrogens (primary N) is 1. The van der Waals surface area contributed by atoms with Gasteiger partial charge in [-0.05, 0) is 36.4 Å². The molecule has 4 rings (SSSR count). The van der Waals surface area contributed by atoms with E-state index in [4.69, 9.17) is 10.5 Å². The van der Waals surface area contributed by atoms with E-state index in [1.165, 1.54) is 0 Å². The summed E-state index contributed by atoms with van der Waals surface area (Å²) in [6.07, 6.45) is 0.840. The van der Waals surface area contributed by atoms with Crippen molar-refractivity contribution in [2.75, 3.05) is 11.9 Å². The number of nitrogens with one attached hydrogen (secondary N) is 1. The van der Waals surface area contributed by atoms with E-state index in [1.807, 2.05) is 54.6 Å². The van der Waals surface area contributed by atoms with Gasteiger partial charge in [0.15, 0.2) is 6.29 Å². The van der Waals surface area contributed by atoms with Gasteiger partial charge in [-0.3, -0.25) is 4.79 Å². The number of carbonyl (C=O) groups is 1. The number of ether oxygens (including phenoxy) is 1. The minimum Gasteiger partial charge on any atom is -0.457 e. The highest BCUT2D eigenvalue weighted by Crippen LogP contribution is 2.31. The molecule has 126 valence electrons. The Morgan fingerprint density at radius 3 is 2.56 bits per heavy atom. The van der Waals surface area contributed by atoms with Crippen molar-refractivity contribution < 1.29 is 9.53 Å². The summed E-state index contributed by atoms with van der Waals surface area (Å²) in [7, 11) is 0. The standard InChI is InChI=1S/C19H18N4O2/c20-14-10-21-19-17(12-24)18(22-23(19)11-14)13-6-8-16(9-7-13)25-15-4-2-1-3-5-15/h1-9,12,14,21H,10-11,20H2. The van der Waals surface area contributed by atoms with Crippen molar-refractivity contribution in [3.05, 3.63) is 60.2 Å². The van der Waals surface area contributed by atoms with E-state index in [1.54, 1.807) is 4.68 Å². The lowest BCUT2D eigenvalue weighted by Gasteiger charge is -2.21. The highest BCUT2D eigenvalue weighted by atomic mass is 16.5. The first-order chi connectivity index (χ1) is 12.2. The Hall–Kier alpha value is -3.12. The van der Waals surface area contributed by atoms with Crippen LogP contribution >= 0.6 is 0 Å². The van der Waals surface area contributed by atoms with E-state index in [9.17, 15) is 4.79 Å². The summed E-state index contributed by atoms with van der Waals surface area (Å²) in [6, 6.07) is 17.1.